The number of hydrogen-bond acceptors (Lipinski definition) is 7. The van der Waals surface area contributed by atoms with Crippen molar-refractivity contribution >= 4 is 22.7 Å². The lowest BCUT2D eigenvalue weighted by atomic mass is 10.1. The minimum absolute atomic E-state index is 0.0223. The fourth-order valence-electron chi connectivity index (χ4n) is 2.89. The van der Waals surface area contributed by atoms with Gasteiger partial charge in [0.25, 0.3) is 5.69 Å². The first kappa shape index (κ1) is 17.4. The molecule has 1 aliphatic heterocycles. The minimum Gasteiger partial charge on any atom is -0.379 e. The molecule has 7 nitrogen and oxygen atoms in total. The number of nitrogens with one attached hydrogen (secondary N) is 1. The summed E-state index contributed by atoms with van der Waals surface area (Å²) in [5.41, 5.74) is 0.747. The summed E-state index contributed by atoms with van der Waals surface area (Å²) < 4.78 is 5.43. The second-order valence-electron chi connectivity index (χ2n) is 5.66. The van der Waals surface area contributed by atoms with E-state index in [0.717, 1.165) is 13.1 Å². The van der Waals surface area contributed by atoms with Gasteiger partial charge in [-0.25, -0.2) is 0 Å². The molecule has 0 bridgehead atoms. The van der Waals surface area contributed by atoms with Crippen molar-refractivity contribution in [1.29, 1.82) is 5.26 Å². The molecule has 0 spiro atoms. The van der Waals surface area contributed by atoms with E-state index in [0.29, 0.717) is 31.0 Å². The number of nitro benzene ring substituents is 1. The van der Waals surface area contributed by atoms with Crippen molar-refractivity contribution in [2.24, 2.45) is 0 Å². The molecule has 8 heteroatoms. The fourth-order valence-corrected chi connectivity index (χ4v) is 3.75. The van der Waals surface area contributed by atoms with E-state index >= 15 is 0 Å². The third kappa shape index (κ3) is 4.14. The highest BCUT2D eigenvalue weighted by atomic mass is 32.1. The Balaban J connectivity index is 1.81. The van der Waals surface area contributed by atoms with E-state index < -0.39 is 4.92 Å². The third-order valence-corrected chi connectivity index (χ3v) is 5.14. The van der Waals surface area contributed by atoms with Crippen LogP contribution in [0.15, 0.2) is 35.7 Å². The van der Waals surface area contributed by atoms with Gasteiger partial charge in [-0.2, -0.15) is 5.26 Å². The lowest BCUT2D eigenvalue weighted by Gasteiger charge is -2.34. The molecule has 2 heterocycles. The predicted octanol–water partition coefficient (Wildman–Crippen LogP) is 3.01. The van der Waals surface area contributed by atoms with Gasteiger partial charge in [-0.1, -0.05) is 6.07 Å². The summed E-state index contributed by atoms with van der Waals surface area (Å²) in [4.78, 5) is 14.3. The first-order valence-electron chi connectivity index (χ1n) is 7.96. The fraction of sp³-hybridized carbons (Fsp3) is 0.353. The van der Waals surface area contributed by atoms with Crippen LogP contribution in [0.1, 0.15) is 16.5 Å². The smallest absolute Gasteiger partial charge is 0.292 e. The average Bonchev–Trinajstić information content (AvgIpc) is 3.17. The summed E-state index contributed by atoms with van der Waals surface area (Å²) in [6.45, 7) is 3.54. The van der Waals surface area contributed by atoms with Crippen LogP contribution >= 0.6 is 11.3 Å². The van der Waals surface area contributed by atoms with Crippen LogP contribution in [0.5, 0.6) is 0 Å². The Morgan fingerprint density at radius 2 is 2.20 bits per heavy atom. The van der Waals surface area contributed by atoms with Crippen molar-refractivity contribution in [1.82, 2.24) is 4.90 Å². The van der Waals surface area contributed by atoms with Crippen LogP contribution < -0.4 is 5.32 Å². The van der Waals surface area contributed by atoms with E-state index in [1.54, 1.807) is 11.3 Å². The number of morpholine rings is 1. The van der Waals surface area contributed by atoms with Crippen LogP contribution in [0.2, 0.25) is 0 Å². The highest BCUT2D eigenvalue weighted by Gasteiger charge is 2.24. The number of hydrogen-bond donors (Lipinski definition) is 1. The highest BCUT2D eigenvalue weighted by molar-refractivity contribution is 7.10. The number of anilines is 1. The first-order chi connectivity index (χ1) is 12.2. The molecule has 1 atom stereocenters. The molecule has 0 saturated carbocycles. The highest BCUT2D eigenvalue weighted by Crippen LogP contribution is 2.29. The molecule has 0 radical (unpaired) electrons. The zero-order chi connectivity index (χ0) is 17.6. The average molecular weight is 358 g/mol. The van der Waals surface area contributed by atoms with Gasteiger partial charge in [0.1, 0.15) is 5.69 Å². The number of rotatable bonds is 6. The SMILES string of the molecule is N#Cc1ccc([N+](=O)[O-])c(NCC(c2cccs2)N2CCOCC2)c1. The van der Waals surface area contributed by atoms with E-state index in [2.05, 4.69) is 16.3 Å². The van der Waals surface area contributed by atoms with Crippen LogP contribution in [0, 0.1) is 21.4 Å². The number of nitro groups is 1. The molecule has 2 aromatic rings. The number of benzene rings is 1. The second kappa shape index (κ2) is 8.07. The van der Waals surface area contributed by atoms with Gasteiger partial charge in [0.15, 0.2) is 0 Å². The predicted molar refractivity (Wildman–Crippen MR) is 95.8 cm³/mol. The summed E-state index contributed by atoms with van der Waals surface area (Å²) in [5, 5.41) is 25.5. The van der Waals surface area contributed by atoms with Crippen LogP contribution in [0.4, 0.5) is 11.4 Å². The van der Waals surface area contributed by atoms with E-state index in [9.17, 15) is 10.1 Å². The Labute approximate surface area is 149 Å². The zero-order valence-electron chi connectivity index (χ0n) is 13.6. The summed E-state index contributed by atoms with van der Waals surface area (Å²) >= 11 is 1.67. The monoisotopic (exact) mass is 358 g/mol. The number of nitriles is 1. The molecule has 25 heavy (non-hydrogen) atoms. The molecule has 3 rings (SSSR count). The standard InChI is InChI=1S/C17H18N4O3S/c18-11-13-3-4-15(21(22)23)14(10-13)19-12-16(17-2-1-9-25-17)20-5-7-24-8-6-20/h1-4,9-10,16,19H,5-8,12H2. The summed E-state index contributed by atoms with van der Waals surface area (Å²) in [5.74, 6) is 0. The number of thiophene rings is 1. The minimum atomic E-state index is -0.432. The van der Waals surface area contributed by atoms with Crippen molar-refractivity contribution in [3.63, 3.8) is 0 Å². The van der Waals surface area contributed by atoms with E-state index in [-0.39, 0.29) is 11.7 Å². The Bertz CT molecular complexity index is 767. The molecule has 1 saturated heterocycles. The van der Waals surface area contributed by atoms with Crippen LogP contribution in [0.25, 0.3) is 0 Å². The van der Waals surface area contributed by atoms with Crippen molar-refractivity contribution < 1.29 is 9.66 Å². The number of nitrogens with zero attached hydrogens (tertiary/aromatic N) is 3. The van der Waals surface area contributed by atoms with Gasteiger partial charge in [-0.15, -0.1) is 11.3 Å². The Morgan fingerprint density at radius 1 is 1.40 bits per heavy atom. The molecule has 1 N–H and O–H groups in total. The van der Waals surface area contributed by atoms with Gasteiger partial charge in [0.05, 0.1) is 35.8 Å². The Kier molecular flexibility index (Phi) is 5.60. The lowest BCUT2D eigenvalue weighted by molar-refractivity contribution is -0.384. The maximum atomic E-state index is 11.3. The molecule has 1 aromatic heterocycles. The van der Waals surface area contributed by atoms with Crippen molar-refractivity contribution in [2.75, 3.05) is 38.2 Å². The third-order valence-electron chi connectivity index (χ3n) is 4.17. The van der Waals surface area contributed by atoms with Crippen molar-refractivity contribution in [3.8, 4) is 6.07 Å². The largest absolute Gasteiger partial charge is 0.379 e. The molecule has 1 unspecified atom stereocenters. The van der Waals surface area contributed by atoms with Gasteiger partial charge in [-0.3, -0.25) is 15.0 Å². The second-order valence-corrected chi connectivity index (χ2v) is 6.64. The Morgan fingerprint density at radius 3 is 2.84 bits per heavy atom. The van der Waals surface area contributed by atoms with E-state index in [1.165, 1.54) is 23.1 Å². The molecule has 0 amide bonds. The maximum Gasteiger partial charge on any atom is 0.292 e. The lowest BCUT2D eigenvalue weighted by Crippen LogP contribution is -2.41. The molecule has 0 aliphatic carbocycles. The van der Waals surface area contributed by atoms with Crippen molar-refractivity contribution in [3.05, 3.63) is 56.3 Å². The number of ether oxygens (including phenoxy) is 1. The topological polar surface area (TPSA) is 91.4 Å². The van der Waals surface area contributed by atoms with Crippen LogP contribution in [-0.4, -0.2) is 42.7 Å². The van der Waals surface area contributed by atoms with E-state index in [1.807, 2.05) is 17.5 Å². The van der Waals surface area contributed by atoms with Gasteiger partial charge in [0.2, 0.25) is 0 Å². The van der Waals surface area contributed by atoms with Crippen molar-refractivity contribution in [2.45, 2.75) is 6.04 Å². The van der Waals surface area contributed by atoms with Gasteiger partial charge < -0.3 is 10.1 Å². The van der Waals surface area contributed by atoms with Gasteiger partial charge in [0, 0.05) is 30.6 Å². The molecule has 1 aliphatic rings. The molecule has 1 aromatic carbocycles. The molecular formula is C17H18N4O3S. The normalized spacial score (nSPS) is 16.1. The Hall–Kier alpha value is -2.47. The van der Waals surface area contributed by atoms with Crippen LogP contribution in [0.3, 0.4) is 0 Å². The van der Waals surface area contributed by atoms with Gasteiger partial charge in [-0.05, 0) is 23.6 Å². The summed E-state index contributed by atoms with van der Waals surface area (Å²) in [6, 6.07) is 10.6. The molecule has 130 valence electrons. The van der Waals surface area contributed by atoms with Gasteiger partial charge >= 0.3 is 0 Å². The quantitative estimate of drug-likeness (QED) is 0.630. The zero-order valence-corrected chi connectivity index (χ0v) is 14.4. The molecular weight excluding hydrogens is 340 g/mol. The van der Waals surface area contributed by atoms with Crippen LogP contribution in [-0.2, 0) is 4.74 Å². The van der Waals surface area contributed by atoms with E-state index in [4.69, 9.17) is 10.00 Å². The summed E-state index contributed by atoms with van der Waals surface area (Å²) in [6.07, 6.45) is 0. The first-order valence-corrected chi connectivity index (χ1v) is 8.84. The maximum absolute atomic E-state index is 11.3. The molecule has 1 fully saturated rings. The summed E-state index contributed by atoms with van der Waals surface area (Å²) in [7, 11) is 0.